The number of hydrogen-bond acceptors (Lipinski definition) is 5. The van der Waals surface area contributed by atoms with Crippen LogP contribution in [-0.4, -0.2) is 40.9 Å². The predicted octanol–water partition coefficient (Wildman–Crippen LogP) is 1.29. The maximum Gasteiger partial charge on any atom is 0.271 e. The van der Waals surface area contributed by atoms with Gasteiger partial charge in [-0.25, -0.2) is 4.39 Å². The average Bonchev–Trinajstić information content (AvgIpc) is 2.97. The van der Waals surface area contributed by atoms with E-state index in [0.29, 0.717) is 18.8 Å². The molecule has 1 aromatic heterocycles. The summed E-state index contributed by atoms with van der Waals surface area (Å²) in [4.78, 5) is 13.4. The van der Waals surface area contributed by atoms with E-state index in [2.05, 4.69) is 15.5 Å². The number of nitrogens with zero attached hydrogens (tertiary/aromatic N) is 3. The van der Waals surface area contributed by atoms with E-state index < -0.39 is 6.10 Å². The smallest absolute Gasteiger partial charge is 0.271 e. The maximum absolute atomic E-state index is 13.1. The van der Waals surface area contributed by atoms with E-state index in [0.717, 1.165) is 5.56 Å². The van der Waals surface area contributed by atoms with E-state index in [1.54, 1.807) is 24.3 Å². The van der Waals surface area contributed by atoms with Gasteiger partial charge in [-0.3, -0.25) is 4.79 Å². The molecule has 23 heavy (non-hydrogen) atoms. The largest absolute Gasteiger partial charge is 0.391 e. The highest BCUT2D eigenvalue weighted by Crippen LogP contribution is 2.35. The molecular weight excluding hydrogens is 299 g/mol. The lowest BCUT2D eigenvalue weighted by atomic mass is 10.0. The summed E-state index contributed by atoms with van der Waals surface area (Å²) >= 11 is 0. The minimum absolute atomic E-state index is 0.106. The molecule has 1 aliphatic heterocycles. The molecule has 1 saturated heterocycles. The van der Waals surface area contributed by atoms with Gasteiger partial charge >= 0.3 is 0 Å². The second-order valence-electron chi connectivity index (χ2n) is 5.47. The molecule has 1 amide bonds. The van der Waals surface area contributed by atoms with E-state index in [9.17, 15) is 14.3 Å². The number of nitrogens with one attached hydrogen (secondary N) is 1. The number of aromatic nitrogens is 2. The van der Waals surface area contributed by atoms with E-state index >= 15 is 0 Å². The number of benzene rings is 1. The standard InChI is InChI=1S/C16H17FN4O2/c1-18-16(23)13-6-7-15(20-19-13)21-9-12(22)8-14(21)10-2-4-11(17)5-3-10/h2-7,12,14,22H,8-9H2,1H3,(H,18,23). The molecule has 2 atom stereocenters. The second-order valence-corrected chi connectivity index (χ2v) is 5.47. The van der Waals surface area contributed by atoms with Crippen LogP contribution < -0.4 is 10.2 Å². The van der Waals surface area contributed by atoms with E-state index in [1.165, 1.54) is 19.2 Å². The predicted molar refractivity (Wildman–Crippen MR) is 82.5 cm³/mol. The molecule has 2 unspecified atom stereocenters. The third kappa shape index (κ3) is 3.14. The van der Waals surface area contributed by atoms with Crippen molar-refractivity contribution in [2.24, 2.45) is 0 Å². The summed E-state index contributed by atoms with van der Waals surface area (Å²) in [6.07, 6.45) is 0.0373. The van der Waals surface area contributed by atoms with Crippen LogP contribution in [0.1, 0.15) is 28.5 Å². The van der Waals surface area contributed by atoms with Gasteiger partial charge in [0.2, 0.25) is 0 Å². The molecule has 2 N–H and O–H groups in total. The number of anilines is 1. The summed E-state index contributed by atoms with van der Waals surface area (Å²) in [5.41, 5.74) is 1.13. The number of rotatable bonds is 3. The molecule has 1 aliphatic rings. The van der Waals surface area contributed by atoms with Crippen LogP contribution in [0.2, 0.25) is 0 Å². The Hall–Kier alpha value is -2.54. The molecule has 7 heteroatoms. The van der Waals surface area contributed by atoms with Crippen LogP contribution in [0.5, 0.6) is 0 Å². The van der Waals surface area contributed by atoms with Gasteiger partial charge in [-0.15, -0.1) is 10.2 Å². The molecule has 3 rings (SSSR count). The van der Waals surface area contributed by atoms with Gasteiger partial charge in [0.25, 0.3) is 5.91 Å². The zero-order chi connectivity index (χ0) is 16.4. The monoisotopic (exact) mass is 316 g/mol. The van der Waals surface area contributed by atoms with Gasteiger partial charge in [0.05, 0.1) is 12.1 Å². The van der Waals surface area contributed by atoms with Gasteiger partial charge in [-0.05, 0) is 36.2 Å². The summed E-state index contributed by atoms with van der Waals surface area (Å²) in [5, 5.41) is 20.5. The minimum Gasteiger partial charge on any atom is -0.391 e. The first kappa shape index (κ1) is 15.4. The van der Waals surface area contributed by atoms with Crippen LogP contribution >= 0.6 is 0 Å². The fourth-order valence-electron chi connectivity index (χ4n) is 2.80. The van der Waals surface area contributed by atoms with Crippen molar-refractivity contribution in [1.29, 1.82) is 0 Å². The lowest BCUT2D eigenvalue weighted by molar-refractivity contribution is 0.0957. The molecule has 120 valence electrons. The normalized spacial score (nSPS) is 20.6. The van der Waals surface area contributed by atoms with Crippen molar-refractivity contribution in [1.82, 2.24) is 15.5 Å². The molecule has 0 saturated carbocycles. The summed E-state index contributed by atoms with van der Waals surface area (Å²) in [5.74, 6) is -0.0299. The van der Waals surface area contributed by atoms with Crippen LogP contribution in [0.4, 0.5) is 10.2 Å². The first-order valence-corrected chi connectivity index (χ1v) is 7.34. The first-order valence-electron chi connectivity index (χ1n) is 7.34. The van der Waals surface area contributed by atoms with Crippen LogP contribution in [0.15, 0.2) is 36.4 Å². The minimum atomic E-state index is -0.495. The Balaban J connectivity index is 1.87. The van der Waals surface area contributed by atoms with Crippen molar-refractivity contribution in [3.8, 4) is 0 Å². The molecule has 1 aromatic carbocycles. The zero-order valence-electron chi connectivity index (χ0n) is 12.6. The fraction of sp³-hybridized carbons (Fsp3) is 0.312. The number of carbonyl (C=O) groups is 1. The van der Waals surface area contributed by atoms with Gasteiger partial charge in [0.15, 0.2) is 11.5 Å². The number of halogens is 1. The van der Waals surface area contributed by atoms with Crippen LogP contribution in [0, 0.1) is 5.82 Å². The second kappa shape index (κ2) is 6.29. The number of aliphatic hydroxyl groups excluding tert-OH is 1. The number of amides is 1. The Bertz CT molecular complexity index is 690. The Morgan fingerprint density at radius 2 is 2.00 bits per heavy atom. The molecule has 0 aliphatic carbocycles. The van der Waals surface area contributed by atoms with Crippen molar-refractivity contribution in [2.45, 2.75) is 18.6 Å². The number of hydrogen-bond donors (Lipinski definition) is 2. The highest BCUT2D eigenvalue weighted by atomic mass is 19.1. The van der Waals surface area contributed by atoms with Crippen molar-refractivity contribution in [2.75, 3.05) is 18.5 Å². The van der Waals surface area contributed by atoms with Gasteiger partial charge in [0, 0.05) is 13.6 Å². The molecule has 2 heterocycles. The molecule has 2 aromatic rings. The average molecular weight is 316 g/mol. The van der Waals surface area contributed by atoms with Crippen LogP contribution in [-0.2, 0) is 0 Å². The third-order valence-corrected chi connectivity index (χ3v) is 3.94. The van der Waals surface area contributed by atoms with Gasteiger partial charge in [0.1, 0.15) is 5.82 Å². The van der Waals surface area contributed by atoms with E-state index in [-0.39, 0.29) is 23.5 Å². The highest BCUT2D eigenvalue weighted by molar-refractivity contribution is 5.91. The van der Waals surface area contributed by atoms with Crippen molar-refractivity contribution < 1.29 is 14.3 Å². The lowest BCUT2D eigenvalue weighted by Crippen LogP contribution is -2.26. The van der Waals surface area contributed by atoms with Gasteiger partial charge < -0.3 is 15.3 Å². The fourth-order valence-corrected chi connectivity index (χ4v) is 2.80. The molecule has 0 radical (unpaired) electrons. The summed E-state index contributed by atoms with van der Waals surface area (Å²) in [6.45, 7) is 0.413. The van der Waals surface area contributed by atoms with Crippen molar-refractivity contribution in [3.05, 3.63) is 53.5 Å². The summed E-state index contributed by atoms with van der Waals surface area (Å²) in [7, 11) is 1.53. The SMILES string of the molecule is CNC(=O)c1ccc(N2CC(O)CC2c2ccc(F)cc2)nn1. The molecular formula is C16H17FN4O2. The number of aliphatic hydroxyl groups is 1. The third-order valence-electron chi connectivity index (χ3n) is 3.94. The van der Waals surface area contributed by atoms with E-state index in [1.807, 2.05) is 4.90 Å². The highest BCUT2D eigenvalue weighted by Gasteiger charge is 2.33. The number of β-amino-alcohol motifs (C(OH)–C–C–N with tert-alkyl or cyclic N) is 1. The van der Waals surface area contributed by atoms with Gasteiger partial charge in [-0.2, -0.15) is 0 Å². The van der Waals surface area contributed by atoms with Crippen LogP contribution in [0.3, 0.4) is 0 Å². The first-order chi connectivity index (χ1) is 11.1. The topological polar surface area (TPSA) is 78.4 Å². The van der Waals surface area contributed by atoms with Crippen LogP contribution in [0.25, 0.3) is 0 Å². The number of carbonyl (C=O) groups excluding carboxylic acids is 1. The Morgan fingerprint density at radius 1 is 1.26 bits per heavy atom. The van der Waals surface area contributed by atoms with E-state index in [4.69, 9.17) is 0 Å². The zero-order valence-corrected chi connectivity index (χ0v) is 12.6. The summed E-state index contributed by atoms with van der Waals surface area (Å²) < 4.78 is 13.1. The maximum atomic E-state index is 13.1. The van der Waals surface area contributed by atoms with Crippen molar-refractivity contribution >= 4 is 11.7 Å². The quantitative estimate of drug-likeness (QED) is 0.892. The Kier molecular flexibility index (Phi) is 4.20. The molecule has 0 spiro atoms. The molecule has 0 bridgehead atoms. The molecule has 6 nitrogen and oxygen atoms in total. The Morgan fingerprint density at radius 3 is 2.61 bits per heavy atom. The Labute approximate surface area is 133 Å². The van der Waals surface area contributed by atoms with Crippen molar-refractivity contribution in [3.63, 3.8) is 0 Å². The van der Waals surface area contributed by atoms with Gasteiger partial charge in [-0.1, -0.05) is 12.1 Å². The lowest BCUT2D eigenvalue weighted by Gasteiger charge is -2.25. The molecule has 1 fully saturated rings. The summed E-state index contributed by atoms with van der Waals surface area (Å²) in [6, 6.07) is 9.40.